The third-order valence-electron chi connectivity index (χ3n) is 7.16. The van der Waals surface area contributed by atoms with E-state index >= 15 is 0 Å². The number of likely N-dealkylation sites (tertiary alicyclic amines) is 1. The van der Waals surface area contributed by atoms with Crippen LogP contribution in [0.2, 0.25) is 0 Å². The van der Waals surface area contributed by atoms with Gasteiger partial charge in [-0.05, 0) is 49.5 Å². The topological polar surface area (TPSA) is 43.7 Å². The molecule has 1 spiro atoms. The van der Waals surface area contributed by atoms with Crippen molar-refractivity contribution in [1.82, 2.24) is 4.90 Å². The molecule has 4 rings (SSSR count). The lowest BCUT2D eigenvalue weighted by Gasteiger charge is -2.62. The molecule has 1 saturated heterocycles. The number of nitrogens with zero attached hydrogens (tertiary/aromatic N) is 1. The maximum atomic E-state index is 11.2. The van der Waals surface area contributed by atoms with Gasteiger partial charge in [-0.25, -0.2) is 0 Å². The van der Waals surface area contributed by atoms with E-state index < -0.39 is 11.7 Å². The molecule has 4 fully saturated rings. The van der Waals surface area contributed by atoms with Crippen LogP contribution in [0.3, 0.4) is 0 Å². The fourth-order valence-corrected chi connectivity index (χ4v) is 6.89. The second kappa shape index (κ2) is 3.55. The van der Waals surface area contributed by atoms with Crippen molar-refractivity contribution in [3.05, 3.63) is 0 Å². The SMILES string of the molecule is CCN1C[C@]2(C)CCCC34CCCC(O)(C(O)C32)C14. The Kier molecular flexibility index (Phi) is 2.36. The van der Waals surface area contributed by atoms with Crippen LogP contribution in [0.5, 0.6) is 0 Å². The number of piperidine rings is 1. The van der Waals surface area contributed by atoms with Crippen LogP contribution in [-0.4, -0.2) is 45.9 Å². The Morgan fingerprint density at radius 2 is 1.84 bits per heavy atom. The lowest BCUT2D eigenvalue weighted by atomic mass is 9.50. The van der Waals surface area contributed by atoms with Crippen LogP contribution in [0, 0.1) is 16.7 Å². The molecule has 0 aromatic heterocycles. The van der Waals surface area contributed by atoms with Crippen LogP contribution in [0.15, 0.2) is 0 Å². The molecule has 3 saturated carbocycles. The van der Waals surface area contributed by atoms with Gasteiger partial charge >= 0.3 is 0 Å². The molecular formula is C16H27NO2. The molecule has 3 heteroatoms. The van der Waals surface area contributed by atoms with Gasteiger partial charge in [0.25, 0.3) is 0 Å². The highest BCUT2D eigenvalue weighted by atomic mass is 16.3. The Balaban J connectivity index is 1.93. The zero-order valence-corrected chi connectivity index (χ0v) is 12.2. The molecule has 5 unspecified atom stereocenters. The van der Waals surface area contributed by atoms with E-state index in [4.69, 9.17) is 0 Å². The molecule has 3 aliphatic carbocycles. The highest BCUT2D eigenvalue weighted by molar-refractivity contribution is 5.27. The molecule has 2 N–H and O–H groups in total. The smallest absolute Gasteiger partial charge is 0.107 e. The molecule has 1 aliphatic heterocycles. The maximum absolute atomic E-state index is 11.2. The number of hydrogen-bond acceptors (Lipinski definition) is 3. The highest BCUT2D eigenvalue weighted by Crippen LogP contribution is 2.71. The molecular weight excluding hydrogens is 238 g/mol. The first-order valence-electron chi connectivity index (χ1n) is 8.12. The quantitative estimate of drug-likeness (QED) is 0.759. The minimum atomic E-state index is -0.832. The van der Waals surface area contributed by atoms with Crippen LogP contribution in [0.1, 0.15) is 52.4 Å². The van der Waals surface area contributed by atoms with Gasteiger partial charge in [-0.1, -0.05) is 20.3 Å². The number of aliphatic hydroxyl groups is 2. The summed E-state index contributed by atoms with van der Waals surface area (Å²) in [5.41, 5.74) is -0.423. The summed E-state index contributed by atoms with van der Waals surface area (Å²) >= 11 is 0. The maximum Gasteiger partial charge on any atom is 0.107 e. The summed E-state index contributed by atoms with van der Waals surface area (Å²) in [5.74, 6) is 0.328. The Morgan fingerprint density at radius 1 is 1.16 bits per heavy atom. The van der Waals surface area contributed by atoms with Crippen LogP contribution in [0.4, 0.5) is 0 Å². The Hall–Kier alpha value is -0.120. The Morgan fingerprint density at radius 3 is 2.53 bits per heavy atom. The third kappa shape index (κ3) is 1.22. The number of rotatable bonds is 1. The average Bonchev–Trinajstić information content (AvgIpc) is 2.44. The molecule has 1 heterocycles. The molecule has 5 bridgehead atoms. The summed E-state index contributed by atoms with van der Waals surface area (Å²) in [4.78, 5) is 2.50. The predicted octanol–water partition coefficient (Wildman–Crippen LogP) is 1.77. The van der Waals surface area contributed by atoms with E-state index in [1.165, 1.54) is 25.7 Å². The van der Waals surface area contributed by atoms with Gasteiger partial charge in [0.1, 0.15) is 5.60 Å². The van der Waals surface area contributed by atoms with Crippen molar-refractivity contribution in [3.63, 3.8) is 0 Å². The van der Waals surface area contributed by atoms with Gasteiger partial charge in [0.15, 0.2) is 0 Å². The van der Waals surface area contributed by atoms with Crippen molar-refractivity contribution in [2.24, 2.45) is 16.7 Å². The number of hydrogen-bond donors (Lipinski definition) is 2. The van der Waals surface area contributed by atoms with Crippen molar-refractivity contribution in [1.29, 1.82) is 0 Å². The lowest BCUT2D eigenvalue weighted by molar-refractivity contribution is -0.155. The van der Waals surface area contributed by atoms with Gasteiger partial charge in [0.05, 0.1) is 6.10 Å². The van der Waals surface area contributed by atoms with E-state index in [2.05, 4.69) is 18.7 Å². The van der Waals surface area contributed by atoms with Gasteiger partial charge in [0, 0.05) is 18.5 Å². The monoisotopic (exact) mass is 265 g/mol. The van der Waals surface area contributed by atoms with E-state index in [0.717, 1.165) is 25.9 Å². The second-order valence-corrected chi connectivity index (χ2v) is 7.97. The fourth-order valence-electron chi connectivity index (χ4n) is 6.89. The minimum absolute atomic E-state index is 0.202. The van der Waals surface area contributed by atoms with Gasteiger partial charge in [-0.3, -0.25) is 4.90 Å². The normalized spacial score (nSPS) is 60.3. The average molecular weight is 265 g/mol. The van der Waals surface area contributed by atoms with E-state index in [9.17, 15) is 10.2 Å². The minimum Gasteiger partial charge on any atom is -0.390 e. The number of likely N-dealkylation sites (N-methyl/N-ethyl adjacent to an activating group) is 1. The first kappa shape index (κ1) is 12.6. The van der Waals surface area contributed by atoms with Crippen molar-refractivity contribution in [2.75, 3.05) is 13.1 Å². The standard InChI is InChI=1S/C16H27NO2/c1-3-17-10-14(2)6-4-7-15-8-5-9-16(19,13(15)17)12(18)11(14)15/h11-13,18-19H,3-10H2,1-2H3/t11?,12?,13?,14-,15?,16?/m0/s1. The van der Waals surface area contributed by atoms with Gasteiger partial charge in [0.2, 0.25) is 0 Å². The fraction of sp³-hybridized carbons (Fsp3) is 1.00. The molecule has 3 nitrogen and oxygen atoms in total. The van der Waals surface area contributed by atoms with E-state index in [0.29, 0.717) is 5.92 Å². The Bertz CT molecular complexity index is 408. The highest BCUT2D eigenvalue weighted by Gasteiger charge is 2.76. The van der Waals surface area contributed by atoms with Crippen molar-refractivity contribution in [3.8, 4) is 0 Å². The summed E-state index contributed by atoms with van der Waals surface area (Å²) in [5, 5.41) is 22.2. The predicted molar refractivity (Wildman–Crippen MR) is 73.7 cm³/mol. The summed E-state index contributed by atoms with van der Waals surface area (Å²) in [6, 6.07) is 0.215. The van der Waals surface area contributed by atoms with Crippen LogP contribution in [0.25, 0.3) is 0 Å². The summed E-state index contributed by atoms with van der Waals surface area (Å²) < 4.78 is 0. The van der Waals surface area contributed by atoms with Crippen molar-refractivity contribution < 1.29 is 10.2 Å². The summed E-state index contributed by atoms with van der Waals surface area (Å²) in [6.07, 6.45) is 6.32. The zero-order valence-electron chi connectivity index (χ0n) is 12.2. The first-order valence-corrected chi connectivity index (χ1v) is 8.12. The summed E-state index contributed by atoms with van der Waals surface area (Å²) in [7, 11) is 0. The van der Waals surface area contributed by atoms with Gasteiger partial charge in [-0.2, -0.15) is 0 Å². The molecule has 0 radical (unpaired) electrons. The van der Waals surface area contributed by atoms with E-state index in [-0.39, 0.29) is 16.9 Å². The molecule has 0 aromatic carbocycles. The van der Waals surface area contributed by atoms with Crippen LogP contribution >= 0.6 is 0 Å². The van der Waals surface area contributed by atoms with Crippen molar-refractivity contribution >= 4 is 0 Å². The largest absolute Gasteiger partial charge is 0.390 e. The zero-order chi connectivity index (χ0) is 13.5. The van der Waals surface area contributed by atoms with Crippen LogP contribution < -0.4 is 0 Å². The van der Waals surface area contributed by atoms with Gasteiger partial charge in [-0.15, -0.1) is 0 Å². The Labute approximate surface area is 116 Å². The van der Waals surface area contributed by atoms with Crippen molar-refractivity contribution in [2.45, 2.75) is 70.1 Å². The first-order chi connectivity index (χ1) is 8.98. The molecule has 4 aliphatic rings. The number of aliphatic hydroxyl groups excluding tert-OH is 1. The van der Waals surface area contributed by atoms with E-state index in [1.807, 2.05) is 0 Å². The van der Waals surface area contributed by atoms with E-state index in [1.54, 1.807) is 0 Å². The lowest BCUT2D eigenvalue weighted by Crippen LogP contribution is -2.66. The summed E-state index contributed by atoms with van der Waals surface area (Å²) in [6.45, 7) is 6.65. The third-order valence-corrected chi connectivity index (χ3v) is 7.16. The molecule has 6 atom stereocenters. The van der Waals surface area contributed by atoms with Gasteiger partial charge < -0.3 is 10.2 Å². The molecule has 0 aromatic rings. The second-order valence-electron chi connectivity index (χ2n) is 7.97. The molecule has 108 valence electrons. The molecule has 0 amide bonds. The van der Waals surface area contributed by atoms with Crippen LogP contribution in [-0.2, 0) is 0 Å². The molecule has 19 heavy (non-hydrogen) atoms.